The third-order valence-corrected chi connectivity index (χ3v) is 4.67. The van der Waals surface area contributed by atoms with E-state index in [1.165, 1.54) is 12.4 Å². The minimum absolute atomic E-state index is 0.124. The first-order valence-electron chi connectivity index (χ1n) is 7.98. The molecular formula is C18H21N3O3. The van der Waals surface area contributed by atoms with Crippen molar-refractivity contribution in [2.75, 3.05) is 13.7 Å². The van der Waals surface area contributed by atoms with Gasteiger partial charge in [-0.05, 0) is 43.5 Å². The molecule has 2 atom stereocenters. The number of methoxy groups -OCH3 is 1. The summed E-state index contributed by atoms with van der Waals surface area (Å²) in [5.41, 5.74) is 0.113. The number of ether oxygens (including phenoxy) is 1. The maximum absolute atomic E-state index is 12.8. The van der Waals surface area contributed by atoms with Gasteiger partial charge in [0.2, 0.25) is 0 Å². The van der Waals surface area contributed by atoms with Crippen molar-refractivity contribution < 1.29 is 14.6 Å². The van der Waals surface area contributed by atoms with Gasteiger partial charge < -0.3 is 14.7 Å². The van der Waals surface area contributed by atoms with Crippen molar-refractivity contribution in [2.45, 2.75) is 31.4 Å². The lowest BCUT2D eigenvalue weighted by Gasteiger charge is -2.37. The van der Waals surface area contributed by atoms with Gasteiger partial charge in [-0.25, -0.2) is 0 Å². The zero-order valence-electron chi connectivity index (χ0n) is 13.8. The topological polar surface area (TPSA) is 75.6 Å². The fourth-order valence-corrected chi connectivity index (χ4v) is 3.30. The Morgan fingerprint density at radius 1 is 1.29 bits per heavy atom. The van der Waals surface area contributed by atoms with E-state index in [9.17, 15) is 9.90 Å². The molecule has 1 fully saturated rings. The summed E-state index contributed by atoms with van der Waals surface area (Å²) in [7, 11) is 1.60. The number of hydrogen-bond acceptors (Lipinski definition) is 5. The van der Waals surface area contributed by atoms with Gasteiger partial charge in [-0.15, -0.1) is 0 Å². The van der Waals surface area contributed by atoms with E-state index in [0.29, 0.717) is 12.1 Å². The molecule has 0 aliphatic carbocycles. The molecule has 2 aromatic rings. The predicted octanol–water partition coefficient (Wildman–Crippen LogP) is 2.00. The molecule has 24 heavy (non-hydrogen) atoms. The van der Waals surface area contributed by atoms with E-state index in [2.05, 4.69) is 10.2 Å². The Morgan fingerprint density at radius 2 is 2.04 bits per heavy atom. The van der Waals surface area contributed by atoms with Crippen LogP contribution in [0, 0.1) is 0 Å². The van der Waals surface area contributed by atoms with E-state index >= 15 is 0 Å². The molecule has 0 saturated carbocycles. The van der Waals surface area contributed by atoms with Crippen molar-refractivity contribution >= 4 is 5.91 Å². The number of carbonyl (C=O) groups excluding carboxylic acids is 1. The van der Waals surface area contributed by atoms with Crippen molar-refractivity contribution in [3.63, 3.8) is 0 Å². The maximum atomic E-state index is 12.8. The van der Waals surface area contributed by atoms with Crippen LogP contribution in [0.15, 0.2) is 42.7 Å². The molecule has 1 N–H and O–H groups in total. The van der Waals surface area contributed by atoms with Gasteiger partial charge in [0.05, 0.1) is 31.1 Å². The van der Waals surface area contributed by atoms with E-state index in [-0.39, 0.29) is 11.9 Å². The number of benzene rings is 1. The Kier molecular flexibility index (Phi) is 4.49. The molecule has 6 nitrogen and oxygen atoms in total. The van der Waals surface area contributed by atoms with Crippen LogP contribution in [0.3, 0.4) is 0 Å². The summed E-state index contributed by atoms with van der Waals surface area (Å²) in [6.07, 6.45) is 4.57. The van der Waals surface area contributed by atoms with E-state index in [1.54, 1.807) is 25.0 Å². The van der Waals surface area contributed by atoms with E-state index in [4.69, 9.17) is 4.74 Å². The number of carbonyl (C=O) groups is 1. The average Bonchev–Trinajstić information content (AvgIpc) is 3.12. The molecule has 1 aliphatic heterocycles. The van der Waals surface area contributed by atoms with Crippen LogP contribution in [0.4, 0.5) is 0 Å². The van der Waals surface area contributed by atoms with Crippen LogP contribution in [0.2, 0.25) is 0 Å². The largest absolute Gasteiger partial charge is 0.497 e. The highest BCUT2D eigenvalue weighted by Crippen LogP contribution is 2.36. The molecule has 0 radical (unpaired) electrons. The highest BCUT2D eigenvalue weighted by atomic mass is 16.5. The molecule has 0 bridgehead atoms. The maximum Gasteiger partial charge on any atom is 0.255 e. The van der Waals surface area contributed by atoms with Crippen LogP contribution in [0.5, 0.6) is 5.75 Å². The second kappa shape index (κ2) is 6.57. The summed E-state index contributed by atoms with van der Waals surface area (Å²) in [5, 5.41) is 18.6. The van der Waals surface area contributed by atoms with Crippen LogP contribution in [-0.2, 0) is 5.60 Å². The summed E-state index contributed by atoms with van der Waals surface area (Å²) in [6, 6.07) is 8.68. The standard InChI is InChI=1S/C18H21N3O3/c1-18(23,14-5-7-15(24-2)8-6-14)16-4-3-11-21(16)17(22)13-9-10-19-20-12-13/h5-10,12,16,23H,3-4,11H2,1-2H3/t16-,18-/m0/s1. The summed E-state index contributed by atoms with van der Waals surface area (Å²) in [6.45, 7) is 2.38. The number of rotatable bonds is 4. The first kappa shape index (κ1) is 16.4. The highest BCUT2D eigenvalue weighted by molar-refractivity contribution is 5.94. The van der Waals surface area contributed by atoms with E-state index in [1.807, 2.05) is 24.3 Å². The number of likely N-dealkylation sites (tertiary alicyclic amines) is 1. The van der Waals surface area contributed by atoms with Crippen LogP contribution >= 0.6 is 0 Å². The van der Waals surface area contributed by atoms with Crippen molar-refractivity contribution in [1.82, 2.24) is 15.1 Å². The van der Waals surface area contributed by atoms with Gasteiger partial charge in [0, 0.05) is 6.54 Å². The van der Waals surface area contributed by atoms with Gasteiger partial charge in [0.25, 0.3) is 5.91 Å². The van der Waals surface area contributed by atoms with Gasteiger partial charge in [0.1, 0.15) is 11.4 Å². The molecule has 1 aromatic heterocycles. The van der Waals surface area contributed by atoms with Crippen LogP contribution in [-0.4, -0.2) is 45.8 Å². The van der Waals surface area contributed by atoms with Gasteiger partial charge in [-0.1, -0.05) is 12.1 Å². The number of hydrogen-bond donors (Lipinski definition) is 1. The van der Waals surface area contributed by atoms with Gasteiger partial charge in [0.15, 0.2) is 0 Å². The molecule has 1 aromatic carbocycles. The third-order valence-electron chi connectivity index (χ3n) is 4.67. The summed E-state index contributed by atoms with van der Waals surface area (Å²) >= 11 is 0. The average molecular weight is 327 g/mol. The molecule has 126 valence electrons. The lowest BCUT2D eigenvalue weighted by molar-refractivity contribution is -0.0177. The van der Waals surface area contributed by atoms with Crippen molar-refractivity contribution in [3.8, 4) is 5.75 Å². The Labute approximate surface area is 141 Å². The Balaban J connectivity index is 1.87. The molecular weight excluding hydrogens is 306 g/mol. The molecule has 1 aliphatic rings. The first-order valence-corrected chi connectivity index (χ1v) is 7.98. The number of amides is 1. The number of nitrogens with zero attached hydrogens (tertiary/aromatic N) is 3. The van der Waals surface area contributed by atoms with E-state index in [0.717, 1.165) is 24.2 Å². The summed E-state index contributed by atoms with van der Waals surface area (Å²) < 4.78 is 5.17. The minimum atomic E-state index is -1.14. The second-order valence-corrected chi connectivity index (χ2v) is 6.16. The van der Waals surface area contributed by atoms with Crippen molar-refractivity contribution in [1.29, 1.82) is 0 Å². The SMILES string of the molecule is COc1ccc([C@](C)(O)[C@@H]2CCCN2C(=O)c2ccnnc2)cc1. The summed E-state index contributed by atoms with van der Waals surface area (Å²) in [4.78, 5) is 14.5. The zero-order valence-corrected chi connectivity index (χ0v) is 13.8. The van der Waals surface area contributed by atoms with Crippen molar-refractivity contribution in [2.24, 2.45) is 0 Å². The van der Waals surface area contributed by atoms with Gasteiger partial charge in [-0.2, -0.15) is 10.2 Å². The molecule has 3 rings (SSSR count). The monoisotopic (exact) mass is 327 g/mol. The zero-order chi connectivity index (χ0) is 17.2. The second-order valence-electron chi connectivity index (χ2n) is 6.16. The lowest BCUT2D eigenvalue weighted by Crippen LogP contribution is -2.48. The van der Waals surface area contributed by atoms with Gasteiger partial charge >= 0.3 is 0 Å². The summed E-state index contributed by atoms with van der Waals surface area (Å²) in [5.74, 6) is 0.609. The Bertz CT molecular complexity index is 701. The van der Waals surface area contributed by atoms with Crippen LogP contribution in [0.25, 0.3) is 0 Å². The fraction of sp³-hybridized carbons (Fsp3) is 0.389. The quantitative estimate of drug-likeness (QED) is 0.929. The molecule has 0 unspecified atom stereocenters. The predicted molar refractivity (Wildman–Crippen MR) is 88.7 cm³/mol. The molecule has 1 amide bonds. The number of aromatic nitrogens is 2. The lowest BCUT2D eigenvalue weighted by atomic mass is 9.86. The number of aliphatic hydroxyl groups is 1. The Hall–Kier alpha value is -2.47. The smallest absolute Gasteiger partial charge is 0.255 e. The third kappa shape index (κ3) is 2.97. The molecule has 0 spiro atoms. The first-order chi connectivity index (χ1) is 11.5. The highest BCUT2D eigenvalue weighted by Gasteiger charge is 2.42. The molecule has 6 heteroatoms. The fourth-order valence-electron chi connectivity index (χ4n) is 3.30. The normalized spacial score (nSPS) is 19.8. The van der Waals surface area contributed by atoms with E-state index < -0.39 is 5.60 Å². The Morgan fingerprint density at radius 3 is 2.67 bits per heavy atom. The molecule has 1 saturated heterocycles. The van der Waals surface area contributed by atoms with Gasteiger partial charge in [-0.3, -0.25) is 4.79 Å². The van der Waals surface area contributed by atoms with Crippen molar-refractivity contribution in [3.05, 3.63) is 53.9 Å². The molecule has 2 heterocycles. The minimum Gasteiger partial charge on any atom is -0.497 e. The van der Waals surface area contributed by atoms with Crippen LogP contribution in [0.1, 0.15) is 35.7 Å². The van der Waals surface area contributed by atoms with Crippen LogP contribution < -0.4 is 4.74 Å².